The number of benzene rings is 1. The number of non-ortho nitro benzene ring substituents is 1. The van der Waals surface area contributed by atoms with Crippen molar-refractivity contribution in [3.05, 3.63) is 28.3 Å². The molecule has 1 aliphatic rings. The second-order valence-electron chi connectivity index (χ2n) is 5.19. The Balaban J connectivity index is 2.29. The summed E-state index contributed by atoms with van der Waals surface area (Å²) in [4.78, 5) is 22.3. The first-order valence-corrected chi connectivity index (χ1v) is 7.00. The summed E-state index contributed by atoms with van der Waals surface area (Å²) in [6.07, 6.45) is 1.48. The smallest absolute Gasteiger partial charge is 0.273 e. The van der Waals surface area contributed by atoms with E-state index in [4.69, 9.17) is 9.47 Å². The molecule has 6 heteroatoms. The number of carbonyl (C=O) groups excluding carboxylic acids is 1. The zero-order valence-corrected chi connectivity index (χ0v) is 12.4. The molecule has 0 spiro atoms. The van der Waals surface area contributed by atoms with E-state index in [9.17, 15) is 14.9 Å². The van der Waals surface area contributed by atoms with Crippen molar-refractivity contribution >= 4 is 11.5 Å². The molecule has 2 rings (SSSR count). The van der Waals surface area contributed by atoms with Crippen LogP contribution in [0.3, 0.4) is 0 Å². The van der Waals surface area contributed by atoms with Gasteiger partial charge in [0.05, 0.1) is 23.5 Å². The maximum atomic E-state index is 11.9. The zero-order chi connectivity index (χ0) is 15.6. The fraction of sp³-hybridized carbons (Fsp3) is 0.533. The molecule has 1 fully saturated rings. The summed E-state index contributed by atoms with van der Waals surface area (Å²) in [7, 11) is 1.48. The highest BCUT2D eigenvalue weighted by Gasteiger charge is 2.54. The van der Waals surface area contributed by atoms with E-state index < -0.39 is 10.3 Å². The first-order valence-electron chi connectivity index (χ1n) is 7.00. The lowest BCUT2D eigenvalue weighted by atomic mass is 9.61. The average Bonchev–Trinajstić information content (AvgIpc) is 2.48. The molecule has 0 amide bonds. The second-order valence-corrected chi connectivity index (χ2v) is 5.19. The number of ketones is 1. The van der Waals surface area contributed by atoms with Crippen LogP contribution in [0.5, 0.6) is 11.5 Å². The number of nitro groups is 1. The van der Waals surface area contributed by atoms with Crippen molar-refractivity contribution in [2.75, 3.05) is 7.11 Å². The van der Waals surface area contributed by atoms with Gasteiger partial charge in [-0.05, 0) is 18.9 Å². The number of methoxy groups -OCH3 is 1. The SMILES string of the molecule is CCC1(CC)C(=O)CC1Oc1cc([N+](=O)[O-])ccc1OC. The molecule has 1 aliphatic carbocycles. The molecule has 1 unspecified atom stereocenters. The molecule has 21 heavy (non-hydrogen) atoms. The second kappa shape index (κ2) is 5.71. The Morgan fingerprint density at radius 2 is 2.00 bits per heavy atom. The van der Waals surface area contributed by atoms with Crippen LogP contribution < -0.4 is 9.47 Å². The molecule has 0 saturated heterocycles. The van der Waals surface area contributed by atoms with E-state index in [0.717, 1.165) is 0 Å². The van der Waals surface area contributed by atoms with Crippen LogP contribution in [-0.2, 0) is 4.79 Å². The van der Waals surface area contributed by atoms with Crippen molar-refractivity contribution in [3.8, 4) is 11.5 Å². The minimum Gasteiger partial charge on any atom is -0.493 e. The minimum absolute atomic E-state index is 0.0601. The molecule has 1 aromatic rings. The van der Waals surface area contributed by atoms with Gasteiger partial charge < -0.3 is 9.47 Å². The normalized spacial score (nSPS) is 19.8. The van der Waals surface area contributed by atoms with Gasteiger partial charge in [0.1, 0.15) is 11.9 Å². The lowest BCUT2D eigenvalue weighted by Crippen LogP contribution is -2.56. The van der Waals surface area contributed by atoms with E-state index in [1.54, 1.807) is 0 Å². The predicted molar refractivity (Wildman–Crippen MR) is 76.7 cm³/mol. The fourth-order valence-electron chi connectivity index (χ4n) is 2.89. The Hall–Kier alpha value is -2.11. The van der Waals surface area contributed by atoms with Crippen molar-refractivity contribution < 1.29 is 19.2 Å². The fourth-order valence-corrected chi connectivity index (χ4v) is 2.89. The van der Waals surface area contributed by atoms with Crippen molar-refractivity contribution in [1.29, 1.82) is 0 Å². The lowest BCUT2D eigenvalue weighted by molar-refractivity contribution is -0.385. The number of carbonyl (C=O) groups is 1. The van der Waals surface area contributed by atoms with E-state index in [2.05, 4.69) is 0 Å². The van der Waals surface area contributed by atoms with Crippen molar-refractivity contribution in [2.45, 2.75) is 39.2 Å². The molecule has 0 N–H and O–H groups in total. The lowest BCUT2D eigenvalue weighted by Gasteiger charge is -2.46. The quantitative estimate of drug-likeness (QED) is 0.594. The first kappa shape index (κ1) is 15.3. The largest absolute Gasteiger partial charge is 0.493 e. The van der Waals surface area contributed by atoms with Crippen LogP contribution in [0.4, 0.5) is 5.69 Å². The van der Waals surface area contributed by atoms with Gasteiger partial charge in [0.25, 0.3) is 5.69 Å². The number of nitrogens with zero attached hydrogens (tertiary/aromatic N) is 1. The number of nitro benzene ring substituents is 1. The van der Waals surface area contributed by atoms with Gasteiger partial charge in [-0.15, -0.1) is 0 Å². The van der Waals surface area contributed by atoms with Crippen molar-refractivity contribution in [3.63, 3.8) is 0 Å². The summed E-state index contributed by atoms with van der Waals surface area (Å²) in [6, 6.07) is 4.22. The Kier molecular flexibility index (Phi) is 4.16. The number of ether oxygens (including phenoxy) is 2. The molecule has 0 aliphatic heterocycles. The number of hydrogen-bond acceptors (Lipinski definition) is 5. The van der Waals surface area contributed by atoms with E-state index in [1.807, 2.05) is 13.8 Å². The average molecular weight is 293 g/mol. The van der Waals surface area contributed by atoms with Crippen LogP contribution in [0.1, 0.15) is 33.1 Å². The summed E-state index contributed by atoms with van der Waals surface area (Å²) in [5.74, 6) is 0.943. The molecule has 0 aromatic heterocycles. The van der Waals surface area contributed by atoms with Crippen molar-refractivity contribution in [2.24, 2.45) is 5.41 Å². The van der Waals surface area contributed by atoms with Gasteiger partial charge in [0.2, 0.25) is 0 Å². The maximum Gasteiger partial charge on any atom is 0.273 e. The standard InChI is InChI=1S/C15H19NO5/c1-4-15(5-2)13(17)9-14(15)21-12-8-10(16(18)19)6-7-11(12)20-3/h6-8,14H,4-5,9H2,1-3H3. The number of hydrogen-bond donors (Lipinski definition) is 0. The summed E-state index contributed by atoms with van der Waals surface area (Å²) >= 11 is 0. The van der Waals surface area contributed by atoms with Crippen LogP contribution >= 0.6 is 0 Å². The van der Waals surface area contributed by atoms with E-state index in [-0.39, 0.29) is 17.6 Å². The summed E-state index contributed by atoms with van der Waals surface area (Å²) < 4.78 is 11.1. The monoisotopic (exact) mass is 293 g/mol. The van der Waals surface area contributed by atoms with Gasteiger partial charge in [-0.25, -0.2) is 0 Å². The molecule has 0 heterocycles. The minimum atomic E-state index is -0.481. The molecule has 6 nitrogen and oxygen atoms in total. The molecule has 1 atom stereocenters. The molecular formula is C15H19NO5. The topological polar surface area (TPSA) is 78.7 Å². The summed E-state index contributed by atoms with van der Waals surface area (Å²) in [5, 5.41) is 10.9. The van der Waals surface area contributed by atoms with Gasteiger partial charge in [0, 0.05) is 12.5 Å². The van der Waals surface area contributed by atoms with Crippen LogP contribution in [0.2, 0.25) is 0 Å². The molecule has 0 radical (unpaired) electrons. The molecular weight excluding hydrogens is 274 g/mol. The van der Waals surface area contributed by atoms with Gasteiger partial charge >= 0.3 is 0 Å². The third-order valence-electron chi connectivity index (χ3n) is 4.43. The van der Waals surface area contributed by atoms with Crippen LogP contribution in [0, 0.1) is 15.5 Å². The van der Waals surface area contributed by atoms with Crippen LogP contribution in [0.25, 0.3) is 0 Å². The first-order chi connectivity index (χ1) is 9.98. The van der Waals surface area contributed by atoms with Gasteiger partial charge in [0.15, 0.2) is 11.5 Å². The predicted octanol–water partition coefficient (Wildman–Crippen LogP) is 3.13. The van der Waals surface area contributed by atoms with Gasteiger partial charge in [-0.2, -0.15) is 0 Å². The highest BCUT2D eigenvalue weighted by Crippen LogP contribution is 2.47. The number of rotatable bonds is 6. The van der Waals surface area contributed by atoms with E-state index in [0.29, 0.717) is 30.8 Å². The highest BCUT2D eigenvalue weighted by atomic mass is 16.6. The summed E-state index contributed by atoms with van der Waals surface area (Å²) in [6.45, 7) is 3.92. The Labute approximate surface area is 123 Å². The maximum absolute atomic E-state index is 11.9. The molecule has 1 saturated carbocycles. The van der Waals surface area contributed by atoms with E-state index >= 15 is 0 Å². The highest BCUT2D eigenvalue weighted by molar-refractivity contribution is 5.92. The molecule has 1 aromatic carbocycles. The van der Waals surface area contributed by atoms with Crippen LogP contribution in [0.15, 0.2) is 18.2 Å². The summed E-state index contributed by atoms with van der Waals surface area (Å²) in [5.41, 5.74) is -0.537. The van der Waals surface area contributed by atoms with E-state index in [1.165, 1.54) is 25.3 Å². The molecule has 114 valence electrons. The Morgan fingerprint density at radius 1 is 1.33 bits per heavy atom. The van der Waals surface area contributed by atoms with Gasteiger partial charge in [-0.3, -0.25) is 14.9 Å². The Morgan fingerprint density at radius 3 is 2.48 bits per heavy atom. The Bertz CT molecular complexity index is 565. The third-order valence-corrected chi connectivity index (χ3v) is 4.43. The van der Waals surface area contributed by atoms with Gasteiger partial charge in [-0.1, -0.05) is 13.8 Å². The third kappa shape index (κ3) is 2.46. The zero-order valence-electron chi connectivity index (χ0n) is 12.4. The van der Waals surface area contributed by atoms with Crippen molar-refractivity contribution in [1.82, 2.24) is 0 Å². The number of Topliss-reactive ketones (excluding diaryl/α,β-unsaturated/α-hetero) is 1. The van der Waals surface area contributed by atoms with Crippen LogP contribution in [-0.4, -0.2) is 23.9 Å². The molecule has 0 bridgehead atoms.